The Morgan fingerprint density at radius 2 is 1.69 bits per heavy atom. The molecule has 1 atom stereocenters. The summed E-state index contributed by atoms with van der Waals surface area (Å²) in [7, 11) is -3.65. The van der Waals surface area contributed by atoms with Crippen LogP contribution < -0.4 is 10.0 Å². The van der Waals surface area contributed by atoms with Crippen LogP contribution in [0.15, 0.2) is 53.4 Å². The standard InChI is InChI=1S/C20H23ClN2O5S/c1-3-14(2)23-29(26,27)18-10-6-16(7-11-18)20(25)28-13-19(24)22-12-15-4-8-17(21)9-5-15/h4-11,14,23H,3,12-13H2,1-2H3,(H,22,24). The van der Waals surface area contributed by atoms with Crippen molar-refractivity contribution in [2.45, 2.75) is 37.8 Å². The molecule has 2 aromatic carbocycles. The Morgan fingerprint density at radius 3 is 2.28 bits per heavy atom. The van der Waals surface area contributed by atoms with E-state index in [-0.39, 0.29) is 23.0 Å². The molecule has 9 heteroatoms. The molecule has 2 N–H and O–H groups in total. The molecule has 156 valence electrons. The van der Waals surface area contributed by atoms with E-state index in [0.717, 1.165) is 5.56 Å². The Hall–Kier alpha value is -2.42. The first-order valence-electron chi connectivity index (χ1n) is 9.02. The van der Waals surface area contributed by atoms with Crippen LogP contribution in [0.4, 0.5) is 0 Å². The average Bonchev–Trinajstić information content (AvgIpc) is 2.71. The molecule has 0 saturated heterocycles. The number of esters is 1. The van der Waals surface area contributed by atoms with E-state index in [1.165, 1.54) is 24.3 Å². The van der Waals surface area contributed by atoms with Gasteiger partial charge in [-0.15, -0.1) is 0 Å². The van der Waals surface area contributed by atoms with Crippen LogP contribution in [0.3, 0.4) is 0 Å². The number of amides is 1. The average molecular weight is 439 g/mol. The van der Waals surface area contributed by atoms with Gasteiger partial charge in [0.2, 0.25) is 10.0 Å². The zero-order valence-corrected chi connectivity index (χ0v) is 17.7. The van der Waals surface area contributed by atoms with Crippen molar-refractivity contribution in [3.05, 3.63) is 64.7 Å². The number of halogens is 1. The van der Waals surface area contributed by atoms with Gasteiger partial charge in [0.25, 0.3) is 5.91 Å². The topological polar surface area (TPSA) is 102 Å². The SMILES string of the molecule is CCC(C)NS(=O)(=O)c1ccc(C(=O)OCC(=O)NCc2ccc(Cl)cc2)cc1. The number of nitrogens with one attached hydrogen (secondary N) is 2. The van der Waals surface area contributed by atoms with Gasteiger partial charge in [0.1, 0.15) is 0 Å². The molecule has 29 heavy (non-hydrogen) atoms. The maximum absolute atomic E-state index is 12.2. The summed E-state index contributed by atoms with van der Waals surface area (Å²) in [6.07, 6.45) is 0.656. The molecule has 0 spiro atoms. The summed E-state index contributed by atoms with van der Waals surface area (Å²) in [4.78, 5) is 23.9. The Kier molecular flexibility index (Phi) is 8.19. The first-order chi connectivity index (χ1) is 13.7. The highest BCUT2D eigenvalue weighted by molar-refractivity contribution is 7.89. The Labute approximate surface area is 175 Å². The van der Waals surface area contributed by atoms with Gasteiger partial charge in [-0.3, -0.25) is 4.79 Å². The van der Waals surface area contributed by atoms with Gasteiger partial charge in [-0.2, -0.15) is 0 Å². The van der Waals surface area contributed by atoms with Gasteiger partial charge in [-0.1, -0.05) is 30.7 Å². The second-order valence-electron chi connectivity index (χ2n) is 6.43. The third-order valence-corrected chi connectivity index (χ3v) is 5.96. The quantitative estimate of drug-likeness (QED) is 0.586. The number of hydrogen-bond donors (Lipinski definition) is 2. The van der Waals surface area contributed by atoms with Crippen LogP contribution in [0, 0.1) is 0 Å². The van der Waals surface area contributed by atoms with Gasteiger partial charge in [0.05, 0.1) is 10.5 Å². The summed E-state index contributed by atoms with van der Waals surface area (Å²) in [6.45, 7) is 3.48. The van der Waals surface area contributed by atoms with Crippen molar-refractivity contribution in [2.24, 2.45) is 0 Å². The smallest absolute Gasteiger partial charge is 0.338 e. The molecule has 0 saturated carbocycles. The molecule has 0 aliphatic rings. The van der Waals surface area contributed by atoms with Crippen LogP contribution in [0.1, 0.15) is 36.2 Å². The van der Waals surface area contributed by atoms with Crippen molar-refractivity contribution in [3.63, 3.8) is 0 Å². The molecule has 0 fully saturated rings. The highest BCUT2D eigenvalue weighted by Gasteiger charge is 2.17. The van der Waals surface area contributed by atoms with Crippen LogP contribution in [0.2, 0.25) is 5.02 Å². The summed E-state index contributed by atoms with van der Waals surface area (Å²) in [5.74, 6) is -1.17. The van der Waals surface area contributed by atoms with Crippen molar-refractivity contribution in [1.29, 1.82) is 0 Å². The third-order valence-electron chi connectivity index (χ3n) is 4.11. The summed E-state index contributed by atoms with van der Waals surface area (Å²) in [6, 6.07) is 12.1. The maximum atomic E-state index is 12.2. The monoisotopic (exact) mass is 438 g/mol. The lowest BCUT2D eigenvalue weighted by Gasteiger charge is -2.12. The van der Waals surface area contributed by atoms with Crippen LogP contribution in [0.25, 0.3) is 0 Å². The van der Waals surface area contributed by atoms with E-state index in [1.54, 1.807) is 31.2 Å². The van der Waals surface area contributed by atoms with Crippen molar-refractivity contribution in [3.8, 4) is 0 Å². The summed E-state index contributed by atoms with van der Waals surface area (Å²) in [5, 5.41) is 3.23. The minimum atomic E-state index is -3.65. The van der Waals surface area contributed by atoms with Crippen LogP contribution in [-0.4, -0.2) is 32.9 Å². The third kappa shape index (κ3) is 7.16. The summed E-state index contributed by atoms with van der Waals surface area (Å²) >= 11 is 5.80. The first kappa shape index (κ1) is 22.9. The van der Waals surface area contributed by atoms with E-state index >= 15 is 0 Å². The lowest BCUT2D eigenvalue weighted by Crippen LogP contribution is -2.32. The van der Waals surface area contributed by atoms with E-state index < -0.39 is 28.5 Å². The molecule has 0 aliphatic carbocycles. The molecule has 0 heterocycles. The Balaban J connectivity index is 1.85. The van der Waals surface area contributed by atoms with Crippen molar-refractivity contribution in [1.82, 2.24) is 10.0 Å². The van der Waals surface area contributed by atoms with E-state index in [0.29, 0.717) is 11.4 Å². The van der Waals surface area contributed by atoms with Gasteiger partial charge in [0, 0.05) is 17.6 Å². The highest BCUT2D eigenvalue weighted by atomic mass is 35.5. The fourth-order valence-electron chi connectivity index (χ4n) is 2.25. The lowest BCUT2D eigenvalue weighted by atomic mass is 10.2. The molecule has 0 aromatic heterocycles. The number of ether oxygens (including phenoxy) is 1. The summed E-state index contributed by atoms with van der Waals surface area (Å²) < 4.78 is 31.9. The predicted octanol–water partition coefficient (Wildman–Crippen LogP) is 2.89. The van der Waals surface area contributed by atoms with Crippen LogP contribution >= 0.6 is 11.6 Å². The molecule has 0 radical (unpaired) electrons. The minimum absolute atomic E-state index is 0.0510. The fraction of sp³-hybridized carbons (Fsp3) is 0.300. The molecule has 0 bridgehead atoms. The molecule has 0 aliphatic heterocycles. The number of hydrogen-bond acceptors (Lipinski definition) is 5. The number of benzene rings is 2. The lowest BCUT2D eigenvalue weighted by molar-refractivity contribution is -0.124. The van der Waals surface area contributed by atoms with Gasteiger partial charge in [0.15, 0.2) is 6.61 Å². The molecule has 7 nitrogen and oxygen atoms in total. The second-order valence-corrected chi connectivity index (χ2v) is 8.58. The molecule has 1 amide bonds. The van der Waals surface area contributed by atoms with Crippen molar-refractivity contribution < 1.29 is 22.7 Å². The van der Waals surface area contributed by atoms with Gasteiger partial charge < -0.3 is 10.1 Å². The van der Waals surface area contributed by atoms with Gasteiger partial charge in [-0.05, 0) is 55.3 Å². The Bertz CT molecular complexity index is 944. The fourth-order valence-corrected chi connectivity index (χ4v) is 3.71. The van der Waals surface area contributed by atoms with Crippen molar-refractivity contribution >= 4 is 33.5 Å². The largest absolute Gasteiger partial charge is 0.452 e. The number of carbonyl (C=O) groups excluding carboxylic acids is 2. The normalized spacial score (nSPS) is 12.2. The van der Waals surface area contributed by atoms with E-state index in [2.05, 4.69) is 10.0 Å². The minimum Gasteiger partial charge on any atom is -0.452 e. The van der Waals surface area contributed by atoms with E-state index in [1.807, 2.05) is 6.92 Å². The number of sulfonamides is 1. The van der Waals surface area contributed by atoms with E-state index in [9.17, 15) is 18.0 Å². The van der Waals surface area contributed by atoms with Gasteiger partial charge >= 0.3 is 5.97 Å². The second kappa shape index (κ2) is 10.4. The van der Waals surface area contributed by atoms with Gasteiger partial charge in [-0.25, -0.2) is 17.9 Å². The molecule has 2 aromatic rings. The molecule has 2 rings (SSSR count). The number of rotatable bonds is 9. The molecular weight excluding hydrogens is 416 g/mol. The highest BCUT2D eigenvalue weighted by Crippen LogP contribution is 2.13. The van der Waals surface area contributed by atoms with Crippen LogP contribution in [-0.2, 0) is 26.1 Å². The Morgan fingerprint density at radius 1 is 1.07 bits per heavy atom. The van der Waals surface area contributed by atoms with Crippen LogP contribution in [0.5, 0.6) is 0 Å². The zero-order valence-electron chi connectivity index (χ0n) is 16.1. The summed E-state index contributed by atoms with van der Waals surface area (Å²) in [5.41, 5.74) is 1.01. The first-order valence-corrected chi connectivity index (χ1v) is 10.9. The van der Waals surface area contributed by atoms with E-state index in [4.69, 9.17) is 16.3 Å². The van der Waals surface area contributed by atoms with Crippen molar-refractivity contribution in [2.75, 3.05) is 6.61 Å². The number of carbonyl (C=O) groups is 2. The predicted molar refractivity (Wildman–Crippen MR) is 110 cm³/mol. The molecular formula is C20H23ClN2O5S. The molecule has 1 unspecified atom stereocenters. The maximum Gasteiger partial charge on any atom is 0.338 e. The zero-order chi connectivity index (χ0) is 21.4.